The number of tetrazole rings is 1. The molecule has 9 nitrogen and oxygen atoms in total. The van der Waals surface area contributed by atoms with Gasteiger partial charge in [0, 0.05) is 33.7 Å². The molecular formula is C25H20ClN5O4. The number of halogens is 1. The van der Waals surface area contributed by atoms with E-state index in [9.17, 15) is 19.9 Å². The molecule has 10 heteroatoms. The Labute approximate surface area is 205 Å². The SMILES string of the molecule is CC(=O)c1ccc(CC(=O)C2(O)CCc3cc(-c4cc(Cl)ccc4-n4cnnn4)c[n+]([O-])c32)cc1. The van der Waals surface area contributed by atoms with Crippen molar-refractivity contribution in [3.63, 3.8) is 0 Å². The Bertz CT molecular complexity index is 1450. The van der Waals surface area contributed by atoms with Crippen LogP contribution in [0.4, 0.5) is 0 Å². The quantitative estimate of drug-likeness (QED) is 0.251. The zero-order valence-electron chi connectivity index (χ0n) is 18.7. The van der Waals surface area contributed by atoms with Crippen molar-refractivity contribution < 1.29 is 19.4 Å². The standard InChI is InChI=1S/C25H20ClN5O4/c1-15(32)17-4-2-16(3-5-17)10-23(33)25(34)9-8-18-11-19(13-31(35)24(18)25)21-12-20(26)6-7-22(21)30-14-27-28-29-30/h2-7,11-14,34H,8-10H2,1H3. The van der Waals surface area contributed by atoms with Crippen molar-refractivity contribution in [2.24, 2.45) is 0 Å². The molecule has 1 aliphatic carbocycles. The summed E-state index contributed by atoms with van der Waals surface area (Å²) in [5, 5.41) is 36.2. The summed E-state index contributed by atoms with van der Waals surface area (Å²) >= 11 is 6.23. The van der Waals surface area contributed by atoms with Gasteiger partial charge in [-0.3, -0.25) is 9.59 Å². The van der Waals surface area contributed by atoms with Gasteiger partial charge in [-0.2, -0.15) is 9.41 Å². The lowest BCUT2D eigenvalue weighted by Gasteiger charge is -2.21. The molecule has 0 spiro atoms. The molecule has 1 N–H and O–H groups in total. The Kier molecular flexibility index (Phi) is 5.66. The van der Waals surface area contributed by atoms with Crippen LogP contribution in [-0.4, -0.2) is 36.9 Å². The number of aromatic nitrogens is 5. The zero-order valence-corrected chi connectivity index (χ0v) is 19.4. The molecule has 176 valence electrons. The van der Waals surface area contributed by atoms with E-state index in [1.165, 1.54) is 24.1 Å². The van der Waals surface area contributed by atoms with Crippen LogP contribution in [0.1, 0.15) is 40.5 Å². The molecule has 0 saturated heterocycles. The summed E-state index contributed by atoms with van der Waals surface area (Å²) in [6.45, 7) is 1.47. The fourth-order valence-electron chi connectivity index (χ4n) is 4.52. The van der Waals surface area contributed by atoms with Crippen LogP contribution in [-0.2, 0) is 23.2 Å². The van der Waals surface area contributed by atoms with Gasteiger partial charge in [-0.25, -0.2) is 0 Å². The monoisotopic (exact) mass is 489 g/mol. The van der Waals surface area contributed by atoms with Crippen molar-refractivity contribution in [2.75, 3.05) is 0 Å². The van der Waals surface area contributed by atoms with E-state index in [2.05, 4.69) is 15.5 Å². The van der Waals surface area contributed by atoms with E-state index in [1.807, 2.05) is 0 Å². The van der Waals surface area contributed by atoms with Gasteiger partial charge in [0.15, 0.2) is 17.8 Å². The second-order valence-corrected chi connectivity index (χ2v) is 8.99. The molecule has 35 heavy (non-hydrogen) atoms. The summed E-state index contributed by atoms with van der Waals surface area (Å²) in [5.74, 6) is -0.543. The zero-order chi connectivity index (χ0) is 24.7. The maximum atomic E-state index is 13.2. The molecule has 0 radical (unpaired) electrons. The minimum Gasteiger partial charge on any atom is -0.618 e. The number of aliphatic hydroxyl groups is 1. The number of carbonyl (C=O) groups is 2. The fourth-order valence-corrected chi connectivity index (χ4v) is 4.69. The van der Waals surface area contributed by atoms with Crippen LogP contribution in [0.5, 0.6) is 0 Å². The van der Waals surface area contributed by atoms with Crippen molar-refractivity contribution in [2.45, 2.75) is 31.8 Å². The Morgan fingerprint density at radius 1 is 1.20 bits per heavy atom. The third-order valence-corrected chi connectivity index (χ3v) is 6.55. The second kappa shape index (κ2) is 8.68. The largest absolute Gasteiger partial charge is 0.618 e. The number of aryl methyl sites for hydroxylation is 1. The van der Waals surface area contributed by atoms with E-state index in [0.29, 0.717) is 49.7 Å². The van der Waals surface area contributed by atoms with Crippen LogP contribution in [0, 0.1) is 5.21 Å². The number of benzene rings is 2. The number of nitrogens with zero attached hydrogens (tertiary/aromatic N) is 5. The molecule has 1 aliphatic rings. The van der Waals surface area contributed by atoms with Gasteiger partial charge < -0.3 is 10.3 Å². The number of ketones is 2. The van der Waals surface area contributed by atoms with Crippen molar-refractivity contribution in [1.29, 1.82) is 0 Å². The van der Waals surface area contributed by atoms with Gasteiger partial charge in [0.1, 0.15) is 6.33 Å². The predicted molar refractivity (Wildman–Crippen MR) is 126 cm³/mol. The molecule has 5 rings (SSSR count). The van der Waals surface area contributed by atoms with Gasteiger partial charge in [-0.15, -0.1) is 5.10 Å². The van der Waals surface area contributed by atoms with Crippen molar-refractivity contribution in [1.82, 2.24) is 20.2 Å². The third kappa shape index (κ3) is 4.09. The topological polar surface area (TPSA) is 125 Å². The van der Waals surface area contributed by atoms with E-state index >= 15 is 0 Å². The third-order valence-electron chi connectivity index (χ3n) is 6.31. The lowest BCUT2D eigenvalue weighted by Crippen LogP contribution is -2.45. The van der Waals surface area contributed by atoms with Crippen molar-refractivity contribution in [3.05, 3.63) is 93.7 Å². The highest BCUT2D eigenvalue weighted by Gasteiger charge is 2.50. The Balaban J connectivity index is 1.50. The number of hydrogen-bond acceptors (Lipinski definition) is 7. The van der Waals surface area contributed by atoms with Crippen LogP contribution in [0.2, 0.25) is 5.02 Å². The predicted octanol–water partition coefficient (Wildman–Crippen LogP) is 2.76. The first kappa shape index (κ1) is 22.8. The highest BCUT2D eigenvalue weighted by Crippen LogP contribution is 2.39. The summed E-state index contributed by atoms with van der Waals surface area (Å²) in [6, 6.07) is 13.6. The number of fused-ring (bicyclic) bond motifs is 1. The molecule has 1 unspecified atom stereocenters. The molecule has 4 aromatic rings. The summed E-state index contributed by atoms with van der Waals surface area (Å²) in [7, 11) is 0. The Morgan fingerprint density at radius 2 is 1.97 bits per heavy atom. The first-order valence-corrected chi connectivity index (χ1v) is 11.3. The van der Waals surface area contributed by atoms with E-state index in [-0.39, 0.29) is 24.3 Å². The Morgan fingerprint density at radius 3 is 2.66 bits per heavy atom. The van der Waals surface area contributed by atoms with E-state index < -0.39 is 11.4 Å². The summed E-state index contributed by atoms with van der Waals surface area (Å²) in [4.78, 5) is 24.7. The molecule has 0 amide bonds. The van der Waals surface area contributed by atoms with Gasteiger partial charge in [0.2, 0.25) is 11.3 Å². The lowest BCUT2D eigenvalue weighted by atomic mass is 9.90. The first-order chi connectivity index (χ1) is 16.8. The number of carbonyl (C=O) groups excluding carboxylic acids is 2. The maximum absolute atomic E-state index is 13.2. The molecule has 0 fully saturated rings. The van der Waals surface area contributed by atoms with Gasteiger partial charge in [-0.1, -0.05) is 35.9 Å². The van der Waals surface area contributed by atoms with Gasteiger partial charge >= 0.3 is 0 Å². The second-order valence-electron chi connectivity index (χ2n) is 8.56. The van der Waals surface area contributed by atoms with Crippen LogP contribution in [0.15, 0.2) is 61.1 Å². The maximum Gasteiger partial charge on any atom is 0.235 e. The van der Waals surface area contributed by atoms with Gasteiger partial charge in [0.05, 0.1) is 5.69 Å². The van der Waals surface area contributed by atoms with E-state index in [1.54, 1.807) is 48.5 Å². The van der Waals surface area contributed by atoms with Crippen LogP contribution in [0.3, 0.4) is 0 Å². The smallest absolute Gasteiger partial charge is 0.235 e. The molecule has 1 atom stereocenters. The van der Waals surface area contributed by atoms with Crippen LogP contribution in [0.25, 0.3) is 16.8 Å². The number of pyridine rings is 1. The fraction of sp³-hybridized carbons (Fsp3) is 0.200. The van der Waals surface area contributed by atoms with Crippen molar-refractivity contribution in [3.8, 4) is 16.8 Å². The first-order valence-electron chi connectivity index (χ1n) is 10.9. The average molecular weight is 490 g/mol. The minimum absolute atomic E-state index is 0.0395. The number of rotatable bonds is 6. The number of hydrogen-bond donors (Lipinski definition) is 1. The summed E-state index contributed by atoms with van der Waals surface area (Å²) < 4.78 is 2.03. The van der Waals surface area contributed by atoms with Crippen LogP contribution >= 0.6 is 11.6 Å². The van der Waals surface area contributed by atoms with Crippen LogP contribution < -0.4 is 4.73 Å². The lowest BCUT2D eigenvalue weighted by molar-refractivity contribution is -0.619. The minimum atomic E-state index is -1.90. The molecule has 2 aromatic heterocycles. The summed E-state index contributed by atoms with van der Waals surface area (Å²) in [5.41, 5.74) is 1.73. The van der Waals surface area contributed by atoms with E-state index in [0.717, 1.165) is 0 Å². The highest BCUT2D eigenvalue weighted by atomic mass is 35.5. The van der Waals surface area contributed by atoms with Gasteiger partial charge in [0.25, 0.3) is 0 Å². The average Bonchev–Trinajstić information content (AvgIpc) is 3.48. The van der Waals surface area contributed by atoms with Crippen molar-refractivity contribution >= 4 is 23.2 Å². The molecule has 0 aliphatic heterocycles. The molecule has 0 saturated carbocycles. The highest BCUT2D eigenvalue weighted by molar-refractivity contribution is 6.31. The molecule has 0 bridgehead atoms. The summed E-state index contributed by atoms with van der Waals surface area (Å²) in [6.07, 6.45) is 3.16. The normalized spacial score (nSPS) is 16.8. The molecule has 2 aromatic carbocycles. The van der Waals surface area contributed by atoms with Gasteiger partial charge in [-0.05, 0) is 60.0 Å². The number of Topliss-reactive ketones (excluding diaryl/α,β-unsaturated/α-hetero) is 2. The van der Waals surface area contributed by atoms with E-state index in [4.69, 9.17) is 11.6 Å². The molecule has 2 heterocycles. The molecular weight excluding hydrogens is 470 g/mol. The Hall–Kier alpha value is -3.95.